The zero-order valence-corrected chi connectivity index (χ0v) is 10.0. The summed E-state index contributed by atoms with van der Waals surface area (Å²) in [6.45, 7) is 3.09. The Morgan fingerprint density at radius 2 is 2.29 bits per heavy atom. The van der Waals surface area contributed by atoms with E-state index in [-0.39, 0.29) is 0 Å². The summed E-state index contributed by atoms with van der Waals surface area (Å²) in [6, 6.07) is 0.634. The van der Waals surface area contributed by atoms with Gasteiger partial charge in [-0.1, -0.05) is 12.8 Å². The minimum absolute atomic E-state index is 0.634. The molecule has 0 bridgehead atoms. The van der Waals surface area contributed by atoms with Gasteiger partial charge >= 0.3 is 0 Å². The summed E-state index contributed by atoms with van der Waals surface area (Å²) >= 11 is 3.49. The Bertz CT molecular complexity index is 302. The summed E-state index contributed by atoms with van der Waals surface area (Å²) in [5.74, 6) is 1.01. The highest BCUT2D eigenvalue weighted by atomic mass is 79.9. The first-order chi connectivity index (χ1) is 6.81. The van der Waals surface area contributed by atoms with Crippen molar-refractivity contribution in [2.45, 2.75) is 45.2 Å². The molecule has 14 heavy (non-hydrogen) atoms. The number of imidazole rings is 1. The topological polar surface area (TPSA) is 29.9 Å². The molecule has 0 aromatic carbocycles. The Kier molecular flexibility index (Phi) is 3.11. The molecule has 1 aromatic heterocycles. The fourth-order valence-corrected chi connectivity index (χ4v) is 2.54. The van der Waals surface area contributed by atoms with Crippen LogP contribution < -0.4 is 5.32 Å². The van der Waals surface area contributed by atoms with E-state index >= 15 is 0 Å². The Labute approximate surface area is 93.0 Å². The molecule has 0 amide bonds. The van der Waals surface area contributed by atoms with E-state index in [2.05, 4.69) is 37.7 Å². The first kappa shape index (κ1) is 10.0. The Balaban J connectivity index is 2.07. The SMILES string of the molecule is CCn1c(Br)cnc1NC1CCCC1. The highest BCUT2D eigenvalue weighted by Gasteiger charge is 2.17. The van der Waals surface area contributed by atoms with Gasteiger partial charge in [0, 0.05) is 12.6 Å². The second kappa shape index (κ2) is 4.34. The van der Waals surface area contributed by atoms with Crippen LogP contribution in [0.4, 0.5) is 5.95 Å². The molecule has 2 rings (SSSR count). The smallest absolute Gasteiger partial charge is 0.203 e. The monoisotopic (exact) mass is 257 g/mol. The van der Waals surface area contributed by atoms with E-state index in [0.717, 1.165) is 17.1 Å². The van der Waals surface area contributed by atoms with Crippen LogP contribution in [0.5, 0.6) is 0 Å². The van der Waals surface area contributed by atoms with E-state index < -0.39 is 0 Å². The molecule has 0 aliphatic heterocycles. The van der Waals surface area contributed by atoms with Gasteiger partial charge in [0.25, 0.3) is 0 Å². The van der Waals surface area contributed by atoms with Gasteiger partial charge in [0.05, 0.1) is 6.20 Å². The van der Waals surface area contributed by atoms with Crippen molar-refractivity contribution in [2.24, 2.45) is 0 Å². The van der Waals surface area contributed by atoms with E-state index in [1.54, 1.807) is 0 Å². The van der Waals surface area contributed by atoms with Gasteiger partial charge in [-0.25, -0.2) is 4.98 Å². The molecule has 4 heteroatoms. The molecule has 1 aliphatic rings. The molecule has 1 aromatic rings. The molecule has 1 saturated carbocycles. The lowest BCUT2D eigenvalue weighted by Crippen LogP contribution is -2.18. The van der Waals surface area contributed by atoms with Crippen molar-refractivity contribution in [1.82, 2.24) is 9.55 Å². The van der Waals surface area contributed by atoms with E-state index in [1.807, 2.05) is 6.20 Å². The molecule has 3 nitrogen and oxygen atoms in total. The third-order valence-corrected chi connectivity index (χ3v) is 3.44. The average Bonchev–Trinajstić information content (AvgIpc) is 2.77. The number of nitrogens with zero attached hydrogens (tertiary/aromatic N) is 2. The predicted octanol–water partition coefficient (Wildman–Crippen LogP) is 3.02. The van der Waals surface area contributed by atoms with Gasteiger partial charge in [0.2, 0.25) is 5.95 Å². The van der Waals surface area contributed by atoms with Crippen molar-refractivity contribution >= 4 is 21.9 Å². The molecule has 0 saturated heterocycles. The van der Waals surface area contributed by atoms with Crippen LogP contribution in [0.15, 0.2) is 10.8 Å². The van der Waals surface area contributed by atoms with Gasteiger partial charge in [0.1, 0.15) is 4.60 Å². The van der Waals surface area contributed by atoms with Crippen LogP contribution in [0.3, 0.4) is 0 Å². The number of hydrogen-bond acceptors (Lipinski definition) is 2. The van der Waals surface area contributed by atoms with Crippen LogP contribution in [0.1, 0.15) is 32.6 Å². The first-order valence-corrected chi connectivity index (χ1v) is 6.08. The molecule has 1 heterocycles. The minimum Gasteiger partial charge on any atom is -0.353 e. The van der Waals surface area contributed by atoms with E-state index in [9.17, 15) is 0 Å². The highest BCUT2D eigenvalue weighted by molar-refractivity contribution is 9.10. The summed E-state index contributed by atoms with van der Waals surface area (Å²) in [7, 11) is 0. The fraction of sp³-hybridized carbons (Fsp3) is 0.700. The lowest BCUT2D eigenvalue weighted by molar-refractivity contribution is 0.699. The average molecular weight is 258 g/mol. The molecule has 1 aliphatic carbocycles. The summed E-state index contributed by atoms with van der Waals surface area (Å²) in [6.07, 6.45) is 7.14. The van der Waals surface area contributed by atoms with Crippen molar-refractivity contribution in [3.05, 3.63) is 10.8 Å². The lowest BCUT2D eigenvalue weighted by Gasteiger charge is -2.13. The van der Waals surface area contributed by atoms with Gasteiger partial charge in [-0.3, -0.25) is 0 Å². The van der Waals surface area contributed by atoms with Crippen molar-refractivity contribution in [2.75, 3.05) is 5.32 Å². The molecule has 0 spiro atoms. The number of anilines is 1. The zero-order valence-electron chi connectivity index (χ0n) is 8.46. The van der Waals surface area contributed by atoms with Gasteiger partial charge in [-0.15, -0.1) is 0 Å². The van der Waals surface area contributed by atoms with Crippen molar-refractivity contribution in [1.29, 1.82) is 0 Å². The molecule has 0 radical (unpaired) electrons. The van der Waals surface area contributed by atoms with Gasteiger partial charge < -0.3 is 9.88 Å². The maximum absolute atomic E-state index is 4.36. The molecular weight excluding hydrogens is 242 g/mol. The molecule has 0 unspecified atom stereocenters. The first-order valence-electron chi connectivity index (χ1n) is 5.29. The number of hydrogen-bond donors (Lipinski definition) is 1. The van der Waals surface area contributed by atoms with Crippen LogP contribution in [-0.4, -0.2) is 15.6 Å². The Hall–Kier alpha value is -0.510. The fourth-order valence-electron chi connectivity index (χ4n) is 2.02. The van der Waals surface area contributed by atoms with Gasteiger partial charge in [0.15, 0.2) is 0 Å². The van der Waals surface area contributed by atoms with Crippen LogP contribution in [0.2, 0.25) is 0 Å². The van der Waals surface area contributed by atoms with Gasteiger partial charge in [-0.05, 0) is 35.7 Å². The Morgan fingerprint density at radius 3 is 2.93 bits per heavy atom. The standard InChI is InChI=1S/C10H16BrN3/c1-2-14-9(11)7-12-10(14)13-8-5-3-4-6-8/h7-8H,2-6H2,1H3,(H,12,13). The quantitative estimate of drug-likeness (QED) is 0.903. The van der Waals surface area contributed by atoms with Crippen LogP contribution in [-0.2, 0) is 6.54 Å². The summed E-state index contributed by atoms with van der Waals surface area (Å²) in [5, 5.41) is 3.50. The largest absolute Gasteiger partial charge is 0.353 e. The zero-order chi connectivity index (χ0) is 9.97. The lowest BCUT2D eigenvalue weighted by atomic mass is 10.2. The number of halogens is 1. The van der Waals surface area contributed by atoms with E-state index in [4.69, 9.17) is 0 Å². The predicted molar refractivity (Wildman–Crippen MR) is 61.5 cm³/mol. The van der Waals surface area contributed by atoms with E-state index in [1.165, 1.54) is 25.7 Å². The number of aromatic nitrogens is 2. The van der Waals surface area contributed by atoms with Crippen LogP contribution >= 0.6 is 15.9 Å². The van der Waals surface area contributed by atoms with Gasteiger partial charge in [-0.2, -0.15) is 0 Å². The summed E-state index contributed by atoms with van der Waals surface area (Å²) in [5.41, 5.74) is 0. The molecule has 0 atom stereocenters. The molecular formula is C10H16BrN3. The summed E-state index contributed by atoms with van der Waals surface area (Å²) in [4.78, 5) is 4.36. The minimum atomic E-state index is 0.634. The third-order valence-electron chi connectivity index (χ3n) is 2.81. The van der Waals surface area contributed by atoms with Crippen LogP contribution in [0.25, 0.3) is 0 Å². The van der Waals surface area contributed by atoms with Crippen molar-refractivity contribution < 1.29 is 0 Å². The number of nitrogens with one attached hydrogen (secondary N) is 1. The van der Waals surface area contributed by atoms with E-state index in [0.29, 0.717) is 6.04 Å². The molecule has 1 fully saturated rings. The highest BCUT2D eigenvalue weighted by Crippen LogP contribution is 2.23. The normalized spacial score (nSPS) is 17.6. The third kappa shape index (κ3) is 1.95. The molecule has 1 N–H and O–H groups in total. The Morgan fingerprint density at radius 1 is 1.57 bits per heavy atom. The second-order valence-electron chi connectivity index (χ2n) is 3.77. The second-order valence-corrected chi connectivity index (χ2v) is 4.59. The summed E-state index contributed by atoms with van der Waals surface area (Å²) < 4.78 is 3.21. The maximum Gasteiger partial charge on any atom is 0.203 e. The van der Waals surface area contributed by atoms with Crippen molar-refractivity contribution in [3.63, 3.8) is 0 Å². The number of rotatable bonds is 3. The molecule has 78 valence electrons. The van der Waals surface area contributed by atoms with Crippen molar-refractivity contribution in [3.8, 4) is 0 Å². The maximum atomic E-state index is 4.36. The van der Waals surface area contributed by atoms with Crippen LogP contribution in [0, 0.1) is 0 Å².